The van der Waals surface area contributed by atoms with Gasteiger partial charge in [0.05, 0.1) is 20.2 Å². The molecule has 120 valence electrons. The largest absolute Gasteiger partial charge is 0.377 e. The maximum absolute atomic E-state index is 15.2. The van der Waals surface area contributed by atoms with Crippen LogP contribution in [0.1, 0.15) is 27.7 Å². The molecule has 1 aliphatic heterocycles. The Morgan fingerprint density at radius 1 is 1.25 bits per heavy atom. The third kappa shape index (κ3) is 2.35. The van der Waals surface area contributed by atoms with Gasteiger partial charge in [0.25, 0.3) is 0 Å². The number of halogens is 1. The van der Waals surface area contributed by atoms with E-state index < -0.39 is 31.8 Å². The Balaban J connectivity index is 3.43. The minimum Gasteiger partial charge on any atom is -0.377 e. The van der Waals surface area contributed by atoms with Crippen molar-refractivity contribution in [1.82, 2.24) is 0 Å². The lowest BCUT2D eigenvalue weighted by Gasteiger charge is -2.59. The standard InChI is InChI=1S/C14H30FNO3Si/c1-9-11(16)14(18-6,10(15)12(17-5)19-9)20(7,8)13(2,3)4/h9-12H,16H2,1-8H3/t9-,10+,11-,12+,14+/m1/s1. The summed E-state index contributed by atoms with van der Waals surface area (Å²) >= 11 is 0. The van der Waals surface area contributed by atoms with Crippen molar-refractivity contribution in [2.45, 2.75) is 75.7 Å². The summed E-state index contributed by atoms with van der Waals surface area (Å²) in [5.41, 5.74) is 6.35. The van der Waals surface area contributed by atoms with E-state index >= 15 is 4.39 Å². The van der Waals surface area contributed by atoms with Crippen molar-refractivity contribution in [2.75, 3.05) is 14.2 Å². The predicted octanol–water partition coefficient (Wildman–Crippen LogP) is 2.48. The number of nitrogens with two attached hydrogens (primary N) is 1. The zero-order chi connectivity index (χ0) is 15.9. The molecule has 0 aliphatic carbocycles. The third-order valence-electron chi connectivity index (χ3n) is 5.42. The fourth-order valence-electron chi connectivity index (χ4n) is 3.13. The number of ether oxygens (including phenoxy) is 3. The maximum atomic E-state index is 15.2. The van der Waals surface area contributed by atoms with Gasteiger partial charge in [0, 0.05) is 14.2 Å². The van der Waals surface area contributed by atoms with E-state index in [0.717, 1.165) is 0 Å². The molecule has 2 N–H and O–H groups in total. The molecule has 0 aromatic carbocycles. The van der Waals surface area contributed by atoms with Crippen molar-refractivity contribution in [1.29, 1.82) is 0 Å². The quantitative estimate of drug-likeness (QED) is 0.814. The first-order chi connectivity index (χ1) is 8.97. The molecular formula is C14H30FNO3Si. The molecule has 0 spiro atoms. The van der Waals surface area contributed by atoms with Gasteiger partial charge in [-0.15, -0.1) is 0 Å². The molecule has 0 radical (unpaired) electrons. The lowest BCUT2D eigenvalue weighted by molar-refractivity contribution is -0.261. The van der Waals surface area contributed by atoms with Gasteiger partial charge in [-0.25, -0.2) is 4.39 Å². The highest BCUT2D eigenvalue weighted by molar-refractivity contribution is 6.83. The van der Waals surface area contributed by atoms with Crippen LogP contribution in [0.3, 0.4) is 0 Å². The van der Waals surface area contributed by atoms with E-state index in [1.807, 2.05) is 6.92 Å². The van der Waals surface area contributed by atoms with Crippen LogP contribution in [0.4, 0.5) is 4.39 Å². The van der Waals surface area contributed by atoms with Crippen molar-refractivity contribution in [3.63, 3.8) is 0 Å². The average molecular weight is 307 g/mol. The smallest absolute Gasteiger partial charge is 0.191 e. The summed E-state index contributed by atoms with van der Waals surface area (Å²) in [6, 6.07) is -0.519. The summed E-state index contributed by atoms with van der Waals surface area (Å²) in [5.74, 6) is 0. The van der Waals surface area contributed by atoms with Crippen molar-refractivity contribution in [3.05, 3.63) is 0 Å². The fourth-order valence-corrected chi connectivity index (χ4v) is 6.70. The molecule has 0 aromatic rings. The van der Waals surface area contributed by atoms with Gasteiger partial charge in [-0.2, -0.15) is 0 Å². The Hall–Kier alpha value is -0.0131. The highest BCUT2D eigenvalue weighted by Crippen LogP contribution is 2.50. The molecule has 0 amide bonds. The summed E-state index contributed by atoms with van der Waals surface area (Å²) < 4.78 is 31.7. The molecule has 1 aliphatic rings. The van der Waals surface area contributed by atoms with Crippen LogP contribution in [0, 0.1) is 0 Å². The van der Waals surface area contributed by atoms with Crippen LogP contribution in [0.15, 0.2) is 0 Å². The molecule has 0 unspecified atom stereocenters. The van der Waals surface area contributed by atoms with Crippen molar-refractivity contribution >= 4 is 8.07 Å². The summed E-state index contributed by atoms with van der Waals surface area (Å²) in [7, 11) is 0.742. The lowest BCUT2D eigenvalue weighted by Crippen LogP contribution is -2.79. The highest BCUT2D eigenvalue weighted by atomic mass is 28.3. The van der Waals surface area contributed by atoms with Crippen molar-refractivity contribution < 1.29 is 18.6 Å². The van der Waals surface area contributed by atoms with E-state index in [9.17, 15) is 0 Å². The molecule has 5 atom stereocenters. The normalized spacial score (nSPS) is 39.9. The molecule has 0 aromatic heterocycles. The van der Waals surface area contributed by atoms with Gasteiger partial charge in [-0.05, 0) is 12.0 Å². The van der Waals surface area contributed by atoms with Crippen molar-refractivity contribution in [3.8, 4) is 0 Å². The highest BCUT2D eigenvalue weighted by Gasteiger charge is 2.66. The second-order valence-electron chi connectivity index (χ2n) is 7.25. The van der Waals surface area contributed by atoms with E-state index in [1.54, 1.807) is 7.11 Å². The number of hydrogen-bond donors (Lipinski definition) is 1. The Morgan fingerprint density at radius 3 is 2.10 bits per heavy atom. The zero-order valence-corrected chi connectivity index (χ0v) is 15.0. The number of hydrogen-bond acceptors (Lipinski definition) is 4. The van der Waals surface area contributed by atoms with Crippen LogP contribution in [0.2, 0.25) is 18.1 Å². The second kappa shape index (κ2) is 5.65. The van der Waals surface area contributed by atoms with Gasteiger partial charge in [0.2, 0.25) is 0 Å². The van der Waals surface area contributed by atoms with Gasteiger partial charge in [0.15, 0.2) is 12.5 Å². The first-order valence-corrected chi connectivity index (χ1v) is 10.1. The summed E-state index contributed by atoms with van der Waals surface area (Å²) in [4.78, 5) is 0. The molecule has 4 nitrogen and oxygen atoms in total. The summed E-state index contributed by atoms with van der Waals surface area (Å²) in [5, 5.41) is -1.11. The number of methoxy groups -OCH3 is 2. The van der Waals surface area contributed by atoms with Gasteiger partial charge in [0.1, 0.15) is 5.22 Å². The van der Waals surface area contributed by atoms with Crippen LogP contribution in [-0.2, 0) is 14.2 Å². The first kappa shape index (κ1) is 18.0. The van der Waals surface area contributed by atoms with Crippen LogP contribution in [0.25, 0.3) is 0 Å². The first-order valence-electron chi connectivity index (χ1n) is 7.10. The maximum Gasteiger partial charge on any atom is 0.191 e. The minimum atomic E-state index is -2.26. The fraction of sp³-hybridized carbons (Fsp3) is 1.00. The summed E-state index contributed by atoms with van der Waals surface area (Å²) in [6.45, 7) is 12.5. The SMILES string of the molecule is CO[C@H]1O[C@H](C)[C@@H](N)[C@@](OC)([Si](C)(C)C(C)(C)C)[C@H]1F. The lowest BCUT2D eigenvalue weighted by atomic mass is 9.97. The number of alkyl halides is 1. The van der Waals surface area contributed by atoms with E-state index in [0.29, 0.717) is 0 Å². The topological polar surface area (TPSA) is 53.7 Å². The van der Waals surface area contributed by atoms with Gasteiger partial charge < -0.3 is 19.9 Å². The molecule has 1 saturated heterocycles. The van der Waals surface area contributed by atoms with Crippen LogP contribution in [0.5, 0.6) is 0 Å². The number of rotatable bonds is 3. The molecule has 6 heteroatoms. The van der Waals surface area contributed by atoms with Crippen molar-refractivity contribution in [2.24, 2.45) is 5.73 Å². The van der Waals surface area contributed by atoms with Crippen LogP contribution < -0.4 is 5.73 Å². The zero-order valence-electron chi connectivity index (χ0n) is 14.0. The van der Waals surface area contributed by atoms with Gasteiger partial charge in [-0.1, -0.05) is 33.9 Å². The Kier molecular flexibility index (Phi) is 5.09. The van der Waals surface area contributed by atoms with E-state index in [-0.39, 0.29) is 11.1 Å². The van der Waals surface area contributed by atoms with E-state index in [1.165, 1.54) is 7.11 Å². The average Bonchev–Trinajstić information content (AvgIpc) is 2.33. The molecule has 0 bridgehead atoms. The minimum absolute atomic E-state index is 0.0691. The molecule has 1 fully saturated rings. The van der Waals surface area contributed by atoms with Gasteiger partial charge in [-0.3, -0.25) is 0 Å². The second-order valence-corrected chi connectivity index (χ2v) is 12.8. The molecule has 0 saturated carbocycles. The molecular weight excluding hydrogens is 277 g/mol. The molecule has 20 heavy (non-hydrogen) atoms. The molecule has 1 heterocycles. The summed E-state index contributed by atoms with van der Waals surface area (Å²) in [6.07, 6.45) is -2.65. The monoisotopic (exact) mass is 307 g/mol. The third-order valence-corrected chi connectivity index (χ3v) is 11.9. The van der Waals surface area contributed by atoms with Crippen LogP contribution in [-0.4, -0.2) is 52.1 Å². The van der Waals surface area contributed by atoms with E-state index in [4.69, 9.17) is 19.9 Å². The van der Waals surface area contributed by atoms with Gasteiger partial charge >= 0.3 is 0 Å². The Labute approximate surface area is 123 Å². The Morgan fingerprint density at radius 2 is 1.75 bits per heavy atom. The Bertz CT molecular complexity index is 348. The predicted molar refractivity (Wildman–Crippen MR) is 81.2 cm³/mol. The van der Waals surface area contributed by atoms with E-state index in [2.05, 4.69) is 33.9 Å². The van der Waals surface area contributed by atoms with Crippen LogP contribution >= 0.6 is 0 Å². The molecule has 1 rings (SSSR count).